The molecule has 5 nitrogen and oxygen atoms in total. The lowest BCUT2D eigenvalue weighted by molar-refractivity contribution is 0.183. The van der Waals surface area contributed by atoms with Crippen molar-refractivity contribution in [2.45, 2.75) is 40.2 Å². The van der Waals surface area contributed by atoms with Crippen LogP contribution in [0.5, 0.6) is 5.75 Å². The molecule has 0 saturated carbocycles. The Morgan fingerprint density at radius 1 is 1.23 bits per heavy atom. The molecule has 1 aliphatic rings. The Morgan fingerprint density at radius 2 is 1.97 bits per heavy atom. The molecule has 0 unspecified atom stereocenters. The zero-order valence-corrected chi connectivity index (χ0v) is 18.9. The van der Waals surface area contributed by atoms with Crippen LogP contribution >= 0.6 is 11.3 Å². The minimum atomic E-state index is -0.0885. The summed E-state index contributed by atoms with van der Waals surface area (Å²) in [6.45, 7) is 8.56. The number of thiazole rings is 1. The van der Waals surface area contributed by atoms with Crippen molar-refractivity contribution in [1.29, 1.82) is 0 Å². The first-order valence-electron chi connectivity index (χ1n) is 10.8. The molecule has 5 rings (SSSR count). The van der Waals surface area contributed by atoms with Crippen LogP contribution in [0.15, 0.2) is 39.5 Å². The van der Waals surface area contributed by atoms with Gasteiger partial charge < -0.3 is 9.52 Å². The molecule has 0 spiro atoms. The lowest BCUT2D eigenvalue weighted by atomic mass is 9.97. The van der Waals surface area contributed by atoms with Crippen molar-refractivity contribution in [1.82, 2.24) is 9.88 Å². The second kappa shape index (κ2) is 7.77. The van der Waals surface area contributed by atoms with E-state index < -0.39 is 0 Å². The van der Waals surface area contributed by atoms with E-state index in [9.17, 15) is 9.90 Å². The maximum atomic E-state index is 13.6. The maximum absolute atomic E-state index is 13.6. The Balaban J connectivity index is 1.64. The predicted octanol–water partition coefficient (Wildman–Crippen LogP) is 5.62. The Kier molecular flexibility index (Phi) is 5.07. The highest BCUT2D eigenvalue weighted by Crippen LogP contribution is 2.35. The third-order valence-corrected chi connectivity index (χ3v) is 7.47. The summed E-state index contributed by atoms with van der Waals surface area (Å²) >= 11 is 1.50. The van der Waals surface area contributed by atoms with Crippen molar-refractivity contribution in [2.24, 2.45) is 5.92 Å². The number of rotatable bonds is 3. The number of benzene rings is 2. The number of aromatic hydroxyl groups is 1. The van der Waals surface area contributed by atoms with Gasteiger partial charge in [-0.05, 0) is 63.9 Å². The Bertz CT molecular complexity index is 1310. The van der Waals surface area contributed by atoms with Gasteiger partial charge in [-0.15, -0.1) is 11.3 Å². The lowest BCUT2D eigenvalue weighted by Gasteiger charge is -2.30. The van der Waals surface area contributed by atoms with Crippen LogP contribution < -0.4 is 5.43 Å². The monoisotopic (exact) mass is 434 g/mol. The van der Waals surface area contributed by atoms with Crippen LogP contribution in [0.1, 0.15) is 36.7 Å². The summed E-state index contributed by atoms with van der Waals surface area (Å²) in [6, 6.07) is 9.69. The number of phenolic OH excluding ortho intramolecular Hbond substituents is 1. The fraction of sp³-hybridized carbons (Fsp3) is 0.360. The van der Waals surface area contributed by atoms with E-state index >= 15 is 0 Å². The SMILES string of the molecule is Cc1oc2c(C)c(O)c(CN3CCC(C)CC3)cc2c(=O)c1-c1nc2ccccc2s1. The number of aromatic nitrogens is 1. The number of phenols is 1. The fourth-order valence-electron chi connectivity index (χ4n) is 4.47. The predicted molar refractivity (Wildman–Crippen MR) is 126 cm³/mol. The van der Waals surface area contributed by atoms with Crippen LogP contribution in [-0.2, 0) is 6.54 Å². The molecule has 1 aliphatic heterocycles. The van der Waals surface area contributed by atoms with Crippen molar-refractivity contribution in [3.63, 3.8) is 0 Å². The highest BCUT2D eigenvalue weighted by molar-refractivity contribution is 7.21. The summed E-state index contributed by atoms with van der Waals surface area (Å²) in [6.07, 6.45) is 2.33. The van der Waals surface area contributed by atoms with Gasteiger partial charge in [-0.25, -0.2) is 4.98 Å². The van der Waals surface area contributed by atoms with E-state index in [1.807, 2.05) is 37.3 Å². The molecule has 2 aromatic heterocycles. The number of para-hydroxylation sites is 1. The largest absolute Gasteiger partial charge is 0.507 e. The van der Waals surface area contributed by atoms with E-state index in [4.69, 9.17) is 4.42 Å². The molecule has 2 aromatic carbocycles. The second-order valence-electron chi connectivity index (χ2n) is 8.69. The molecular weight excluding hydrogens is 408 g/mol. The van der Waals surface area contributed by atoms with Gasteiger partial charge in [0, 0.05) is 17.7 Å². The van der Waals surface area contributed by atoms with Crippen LogP contribution in [0, 0.1) is 19.8 Å². The van der Waals surface area contributed by atoms with E-state index in [0.29, 0.717) is 39.4 Å². The summed E-state index contributed by atoms with van der Waals surface area (Å²) in [7, 11) is 0. The molecule has 0 amide bonds. The van der Waals surface area contributed by atoms with Crippen LogP contribution in [-0.4, -0.2) is 28.1 Å². The molecule has 1 N–H and O–H groups in total. The van der Waals surface area contributed by atoms with E-state index in [1.165, 1.54) is 11.3 Å². The third kappa shape index (κ3) is 3.54. The van der Waals surface area contributed by atoms with Crippen molar-refractivity contribution in [3.05, 3.63) is 57.4 Å². The number of aryl methyl sites for hydroxylation is 2. The Labute approximate surface area is 185 Å². The first-order valence-corrected chi connectivity index (χ1v) is 11.6. The smallest absolute Gasteiger partial charge is 0.203 e. The summed E-state index contributed by atoms with van der Waals surface area (Å²) in [4.78, 5) is 20.6. The van der Waals surface area contributed by atoms with Gasteiger partial charge in [0.1, 0.15) is 22.1 Å². The van der Waals surface area contributed by atoms with E-state index in [0.717, 1.165) is 47.6 Å². The van der Waals surface area contributed by atoms with Crippen molar-refractivity contribution in [2.75, 3.05) is 13.1 Å². The Morgan fingerprint density at radius 3 is 2.71 bits per heavy atom. The molecule has 6 heteroatoms. The Hall–Kier alpha value is -2.70. The normalized spacial score (nSPS) is 15.8. The van der Waals surface area contributed by atoms with Crippen LogP contribution in [0.25, 0.3) is 31.8 Å². The van der Waals surface area contributed by atoms with Gasteiger partial charge in [-0.3, -0.25) is 9.69 Å². The van der Waals surface area contributed by atoms with Crippen molar-refractivity contribution >= 4 is 32.5 Å². The fourth-order valence-corrected chi connectivity index (χ4v) is 5.52. The van der Waals surface area contributed by atoms with E-state index in [1.54, 1.807) is 6.92 Å². The van der Waals surface area contributed by atoms with Gasteiger partial charge in [0.05, 0.1) is 21.2 Å². The first-order chi connectivity index (χ1) is 14.9. The molecule has 1 saturated heterocycles. The molecule has 0 bridgehead atoms. The van der Waals surface area contributed by atoms with Crippen molar-refractivity contribution in [3.8, 4) is 16.3 Å². The highest BCUT2D eigenvalue weighted by atomic mass is 32.1. The van der Waals surface area contributed by atoms with Gasteiger partial charge in [0.25, 0.3) is 0 Å². The summed E-state index contributed by atoms with van der Waals surface area (Å²) in [5, 5.41) is 12.0. The molecule has 31 heavy (non-hydrogen) atoms. The summed E-state index contributed by atoms with van der Waals surface area (Å²) in [5.74, 6) is 1.49. The molecule has 0 aliphatic carbocycles. The zero-order valence-electron chi connectivity index (χ0n) is 18.1. The molecular formula is C25H26N2O3S. The maximum Gasteiger partial charge on any atom is 0.203 e. The third-order valence-electron chi connectivity index (χ3n) is 6.42. The minimum Gasteiger partial charge on any atom is -0.507 e. The van der Waals surface area contributed by atoms with Gasteiger partial charge in [0.15, 0.2) is 0 Å². The first kappa shape index (κ1) is 20.2. The summed E-state index contributed by atoms with van der Waals surface area (Å²) < 4.78 is 7.13. The zero-order chi connectivity index (χ0) is 21.7. The van der Waals surface area contributed by atoms with Gasteiger partial charge in [-0.1, -0.05) is 19.1 Å². The number of piperidine rings is 1. The number of fused-ring (bicyclic) bond motifs is 2. The van der Waals surface area contributed by atoms with E-state index in [-0.39, 0.29) is 11.2 Å². The van der Waals surface area contributed by atoms with Crippen LogP contribution in [0.3, 0.4) is 0 Å². The van der Waals surface area contributed by atoms with Gasteiger partial charge in [0.2, 0.25) is 5.43 Å². The standard InChI is InChI=1S/C25H26N2O3S/c1-14-8-10-27(11-9-14)13-17-12-18-23(29)21(16(3)30-24(18)15(2)22(17)28)25-26-19-6-4-5-7-20(19)31-25/h4-7,12,14,28H,8-11,13H2,1-3H3. The molecule has 0 radical (unpaired) electrons. The molecule has 1 fully saturated rings. The van der Waals surface area contributed by atoms with E-state index in [2.05, 4.69) is 16.8 Å². The molecule has 3 heterocycles. The molecule has 160 valence electrons. The number of likely N-dealkylation sites (tertiary alicyclic amines) is 1. The summed E-state index contributed by atoms with van der Waals surface area (Å²) in [5.41, 5.74) is 3.16. The second-order valence-corrected chi connectivity index (χ2v) is 9.72. The number of nitrogens with zero attached hydrogens (tertiary/aromatic N) is 2. The average molecular weight is 435 g/mol. The lowest BCUT2D eigenvalue weighted by Crippen LogP contribution is -2.32. The molecule has 0 atom stereocenters. The number of hydrogen-bond donors (Lipinski definition) is 1. The minimum absolute atomic E-state index is 0.0885. The van der Waals surface area contributed by atoms with Gasteiger partial charge in [-0.2, -0.15) is 0 Å². The number of hydrogen-bond acceptors (Lipinski definition) is 6. The topological polar surface area (TPSA) is 66.6 Å². The highest BCUT2D eigenvalue weighted by Gasteiger charge is 2.23. The average Bonchev–Trinajstić information content (AvgIpc) is 3.18. The van der Waals surface area contributed by atoms with Crippen molar-refractivity contribution < 1.29 is 9.52 Å². The van der Waals surface area contributed by atoms with Crippen LogP contribution in [0.4, 0.5) is 0 Å². The van der Waals surface area contributed by atoms with Gasteiger partial charge >= 0.3 is 0 Å². The van der Waals surface area contributed by atoms with Crippen LogP contribution in [0.2, 0.25) is 0 Å². The quantitative estimate of drug-likeness (QED) is 0.453. The molecule has 4 aromatic rings.